The Balaban J connectivity index is 2.20. The van der Waals surface area contributed by atoms with Gasteiger partial charge in [-0.05, 0) is 82.4 Å². The van der Waals surface area contributed by atoms with Crippen LogP contribution in [0.3, 0.4) is 0 Å². The van der Waals surface area contributed by atoms with Crippen LogP contribution in [0, 0.1) is 0 Å². The number of carbonyl (C=O) groups is 1. The van der Waals surface area contributed by atoms with Crippen molar-refractivity contribution < 1.29 is 9.53 Å². The van der Waals surface area contributed by atoms with Gasteiger partial charge in [-0.15, -0.1) is 0 Å². The van der Waals surface area contributed by atoms with E-state index in [1.807, 2.05) is 13.0 Å². The van der Waals surface area contributed by atoms with Crippen LogP contribution in [-0.2, 0) is 9.53 Å². The van der Waals surface area contributed by atoms with Crippen molar-refractivity contribution in [3.05, 3.63) is 32.7 Å². The van der Waals surface area contributed by atoms with Gasteiger partial charge in [0.15, 0.2) is 0 Å². The molecule has 1 aliphatic heterocycles. The number of hydrogen-bond donors (Lipinski definition) is 0. The summed E-state index contributed by atoms with van der Waals surface area (Å²) in [4.78, 5) is 14.4. The van der Waals surface area contributed by atoms with Crippen LogP contribution < -0.4 is 0 Å². The second-order valence-electron chi connectivity index (χ2n) is 5.30. The average Bonchev–Trinajstić information content (AvgIpc) is 2.49. The standard InChI is InChI=1S/C16H21Br2NO2/c1-2-21-16(20)11-15(19-8-4-3-5-9-19)12-6-7-13(17)14(18)10-12/h6-7,10,15H,2-5,8-9,11H2,1H3. The van der Waals surface area contributed by atoms with Crippen molar-refractivity contribution >= 4 is 37.8 Å². The normalized spacial score (nSPS) is 17.5. The minimum absolute atomic E-state index is 0.105. The zero-order valence-electron chi connectivity index (χ0n) is 12.3. The molecule has 0 bridgehead atoms. The molecule has 1 atom stereocenters. The molecule has 0 amide bonds. The second kappa shape index (κ2) is 8.30. The van der Waals surface area contributed by atoms with Crippen LogP contribution in [0.5, 0.6) is 0 Å². The van der Waals surface area contributed by atoms with Gasteiger partial charge in [0.1, 0.15) is 0 Å². The smallest absolute Gasteiger partial charge is 0.307 e. The number of likely N-dealkylation sites (tertiary alicyclic amines) is 1. The highest BCUT2D eigenvalue weighted by Gasteiger charge is 2.25. The van der Waals surface area contributed by atoms with E-state index in [9.17, 15) is 4.79 Å². The van der Waals surface area contributed by atoms with Crippen molar-refractivity contribution in [2.45, 2.75) is 38.6 Å². The lowest BCUT2D eigenvalue weighted by Crippen LogP contribution is -2.35. The Morgan fingerprint density at radius 3 is 2.57 bits per heavy atom. The topological polar surface area (TPSA) is 29.5 Å². The molecule has 1 fully saturated rings. The summed E-state index contributed by atoms with van der Waals surface area (Å²) in [5.74, 6) is -0.118. The highest BCUT2D eigenvalue weighted by Crippen LogP contribution is 2.32. The van der Waals surface area contributed by atoms with Crippen molar-refractivity contribution in [2.24, 2.45) is 0 Å². The van der Waals surface area contributed by atoms with Crippen LogP contribution in [0.25, 0.3) is 0 Å². The molecular formula is C16H21Br2NO2. The predicted octanol–water partition coefficient (Wildman–Crippen LogP) is 4.69. The van der Waals surface area contributed by atoms with Crippen LogP contribution in [0.2, 0.25) is 0 Å². The molecule has 21 heavy (non-hydrogen) atoms. The molecule has 116 valence electrons. The summed E-state index contributed by atoms with van der Waals surface area (Å²) in [7, 11) is 0. The second-order valence-corrected chi connectivity index (χ2v) is 7.00. The molecule has 1 aliphatic rings. The number of esters is 1. The summed E-state index contributed by atoms with van der Waals surface area (Å²) in [6.07, 6.45) is 4.11. The van der Waals surface area contributed by atoms with Gasteiger partial charge >= 0.3 is 5.97 Å². The van der Waals surface area contributed by atoms with E-state index < -0.39 is 0 Å². The van der Waals surface area contributed by atoms with Crippen LogP contribution in [-0.4, -0.2) is 30.6 Å². The van der Waals surface area contributed by atoms with E-state index in [0.717, 1.165) is 22.0 Å². The summed E-state index contributed by atoms with van der Waals surface area (Å²) in [5.41, 5.74) is 1.17. The fourth-order valence-electron chi connectivity index (χ4n) is 2.79. The highest BCUT2D eigenvalue weighted by atomic mass is 79.9. The summed E-state index contributed by atoms with van der Waals surface area (Å²) in [6.45, 7) is 4.40. The van der Waals surface area contributed by atoms with E-state index in [-0.39, 0.29) is 12.0 Å². The highest BCUT2D eigenvalue weighted by molar-refractivity contribution is 9.13. The Hall–Kier alpha value is -0.390. The fourth-order valence-corrected chi connectivity index (χ4v) is 3.43. The Bertz CT molecular complexity index is 487. The van der Waals surface area contributed by atoms with Gasteiger partial charge in [-0.1, -0.05) is 12.5 Å². The van der Waals surface area contributed by atoms with Crippen LogP contribution in [0.4, 0.5) is 0 Å². The van der Waals surface area contributed by atoms with Gasteiger partial charge in [-0.3, -0.25) is 9.69 Å². The molecule has 1 aromatic rings. The monoisotopic (exact) mass is 417 g/mol. The van der Waals surface area contributed by atoms with E-state index in [2.05, 4.69) is 48.9 Å². The van der Waals surface area contributed by atoms with E-state index in [1.54, 1.807) is 0 Å². The summed E-state index contributed by atoms with van der Waals surface area (Å²) < 4.78 is 7.20. The van der Waals surface area contributed by atoms with Crippen LogP contribution in [0.15, 0.2) is 27.1 Å². The largest absolute Gasteiger partial charge is 0.466 e. The summed E-state index contributed by atoms with van der Waals surface area (Å²) >= 11 is 7.05. The first-order chi connectivity index (χ1) is 10.1. The number of carbonyl (C=O) groups excluding carboxylic acids is 1. The van der Waals surface area contributed by atoms with Gasteiger partial charge in [-0.25, -0.2) is 0 Å². The van der Waals surface area contributed by atoms with E-state index in [4.69, 9.17) is 4.74 Å². The zero-order valence-corrected chi connectivity index (χ0v) is 15.5. The number of hydrogen-bond acceptors (Lipinski definition) is 3. The van der Waals surface area contributed by atoms with Gasteiger partial charge in [0.05, 0.1) is 13.0 Å². The Morgan fingerprint density at radius 1 is 1.24 bits per heavy atom. The number of piperidine rings is 1. The average molecular weight is 419 g/mol. The van der Waals surface area contributed by atoms with Gasteiger partial charge in [0.2, 0.25) is 0 Å². The molecule has 0 aliphatic carbocycles. The number of benzene rings is 1. The summed E-state index contributed by atoms with van der Waals surface area (Å²) in [5, 5.41) is 0. The Morgan fingerprint density at radius 2 is 1.95 bits per heavy atom. The molecule has 1 heterocycles. The van der Waals surface area contributed by atoms with E-state index in [1.165, 1.54) is 24.8 Å². The molecule has 1 aromatic carbocycles. The number of rotatable bonds is 5. The first-order valence-corrected chi connectivity index (χ1v) is 9.05. The first-order valence-electron chi connectivity index (χ1n) is 7.46. The molecular weight excluding hydrogens is 398 g/mol. The van der Waals surface area contributed by atoms with Gasteiger partial charge in [0, 0.05) is 15.0 Å². The van der Waals surface area contributed by atoms with Gasteiger partial charge in [0.25, 0.3) is 0 Å². The third-order valence-electron chi connectivity index (χ3n) is 3.83. The quantitative estimate of drug-likeness (QED) is 0.649. The molecule has 0 aromatic heterocycles. The van der Waals surface area contributed by atoms with Gasteiger partial charge in [-0.2, -0.15) is 0 Å². The zero-order chi connectivity index (χ0) is 15.2. The molecule has 0 saturated carbocycles. The number of halogens is 2. The molecule has 1 saturated heterocycles. The Kier molecular flexibility index (Phi) is 6.71. The lowest BCUT2D eigenvalue weighted by atomic mass is 9.99. The third-order valence-corrected chi connectivity index (χ3v) is 5.70. The first kappa shape index (κ1) is 17.0. The van der Waals surface area contributed by atoms with Gasteiger partial charge < -0.3 is 4.74 Å². The van der Waals surface area contributed by atoms with Crippen molar-refractivity contribution in [3.63, 3.8) is 0 Å². The van der Waals surface area contributed by atoms with E-state index >= 15 is 0 Å². The third kappa shape index (κ3) is 4.80. The maximum absolute atomic E-state index is 12.0. The van der Waals surface area contributed by atoms with Crippen molar-refractivity contribution in [1.29, 1.82) is 0 Å². The fraction of sp³-hybridized carbons (Fsp3) is 0.562. The molecule has 0 N–H and O–H groups in total. The lowest BCUT2D eigenvalue weighted by Gasteiger charge is -2.34. The molecule has 2 rings (SSSR count). The molecule has 1 unspecified atom stereocenters. The number of ether oxygens (including phenoxy) is 1. The van der Waals surface area contributed by atoms with Crippen molar-refractivity contribution in [3.8, 4) is 0 Å². The van der Waals surface area contributed by atoms with Crippen molar-refractivity contribution in [2.75, 3.05) is 19.7 Å². The Labute approximate surface area is 143 Å². The number of nitrogens with zero attached hydrogens (tertiary/aromatic N) is 1. The van der Waals surface area contributed by atoms with Crippen LogP contribution >= 0.6 is 31.9 Å². The minimum Gasteiger partial charge on any atom is -0.466 e. The maximum atomic E-state index is 12.0. The lowest BCUT2D eigenvalue weighted by molar-refractivity contribution is -0.144. The molecule has 5 heteroatoms. The minimum atomic E-state index is -0.118. The SMILES string of the molecule is CCOC(=O)CC(c1ccc(Br)c(Br)c1)N1CCCCC1. The maximum Gasteiger partial charge on any atom is 0.307 e. The molecule has 0 spiro atoms. The predicted molar refractivity (Wildman–Crippen MR) is 91.3 cm³/mol. The van der Waals surface area contributed by atoms with E-state index in [0.29, 0.717) is 13.0 Å². The molecule has 0 radical (unpaired) electrons. The van der Waals surface area contributed by atoms with Crippen molar-refractivity contribution in [1.82, 2.24) is 4.90 Å². The summed E-state index contributed by atoms with van der Waals surface area (Å²) in [6, 6.07) is 6.33. The molecule has 3 nitrogen and oxygen atoms in total. The van der Waals surface area contributed by atoms with Crippen LogP contribution in [0.1, 0.15) is 44.2 Å².